The molecule has 1 N–H and O–H groups in total. The van der Waals surface area contributed by atoms with Gasteiger partial charge in [-0.3, -0.25) is 0 Å². The monoisotopic (exact) mass is 194 g/mol. The van der Waals surface area contributed by atoms with Crippen LogP contribution in [0.25, 0.3) is 0 Å². The third kappa shape index (κ3) is 1.66. The summed E-state index contributed by atoms with van der Waals surface area (Å²) in [5, 5.41) is 11.6. The van der Waals surface area contributed by atoms with Crippen molar-refractivity contribution < 1.29 is 0 Å². The number of rotatable bonds is 3. The number of aromatic nitrogens is 3. The summed E-state index contributed by atoms with van der Waals surface area (Å²) in [6.07, 6.45) is 3.50. The van der Waals surface area contributed by atoms with Gasteiger partial charge in [-0.15, -0.1) is 5.10 Å². The maximum absolute atomic E-state index is 4.25. The van der Waals surface area contributed by atoms with E-state index in [-0.39, 0.29) is 0 Å². The summed E-state index contributed by atoms with van der Waals surface area (Å²) in [5.41, 5.74) is 2.58. The summed E-state index contributed by atoms with van der Waals surface area (Å²) < 4.78 is 2.03. The summed E-state index contributed by atoms with van der Waals surface area (Å²) in [7, 11) is 2.01. The second kappa shape index (κ2) is 4.09. The van der Waals surface area contributed by atoms with Gasteiger partial charge in [0, 0.05) is 6.54 Å². The van der Waals surface area contributed by atoms with Gasteiger partial charge in [-0.1, -0.05) is 5.21 Å². The van der Waals surface area contributed by atoms with Crippen LogP contribution in [0.1, 0.15) is 24.7 Å². The van der Waals surface area contributed by atoms with Crippen molar-refractivity contribution in [2.75, 3.05) is 13.6 Å². The Hall–Kier alpha value is -0.900. The van der Waals surface area contributed by atoms with E-state index in [9.17, 15) is 0 Å². The first-order valence-corrected chi connectivity index (χ1v) is 5.41. The molecule has 0 aliphatic heterocycles. The molecule has 1 atom stereocenters. The molecule has 1 heterocycles. The minimum Gasteiger partial charge on any atom is -0.319 e. The summed E-state index contributed by atoms with van der Waals surface area (Å²) in [4.78, 5) is 0. The average Bonchev–Trinajstić information content (AvgIpc) is 2.60. The fourth-order valence-electron chi connectivity index (χ4n) is 2.23. The smallest absolute Gasteiger partial charge is 0.0862 e. The lowest BCUT2D eigenvalue weighted by Crippen LogP contribution is -2.25. The second-order valence-electron chi connectivity index (χ2n) is 3.97. The molecule has 78 valence electrons. The predicted molar refractivity (Wildman–Crippen MR) is 55.1 cm³/mol. The van der Waals surface area contributed by atoms with Gasteiger partial charge in [-0.2, -0.15) is 0 Å². The van der Waals surface area contributed by atoms with Gasteiger partial charge in [0.15, 0.2) is 0 Å². The number of aryl methyl sites for hydroxylation is 1. The van der Waals surface area contributed by atoms with Crippen LogP contribution < -0.4 is 5.32 Å². The quantitative estimate of drug-likeness (QED) is 0.767. The first-order chi connectivity index (χ1) is 6.85. The Bertz CT molecular complexity index is 305. The van der Waals surface area contributed by atoms with E-state index in [2.05, 4.69) is 22.6 Å². The molecule has 4 nitrogen and oxygen atoms in total. The van der Waals surface area contributed by atoms with Crippen LogP contribution in [0.15, 0.2) is 0 Å². The highest BCUT2D eigenvalue weighted by Crippen LogP contribution is 2.23. The molecular formula is C10H18N4. The Balaban J connectivity index is 2.12. The lowest BCUT2D eigenvalue weighted by Gasteiger charge is -2.21. The van der Waals surface area contributed by atoms with Crippen molar-refractivity contribution in [2.45, 2.75) is 32.7 Å². The van der Waals surface area contributed by atoms with Crippen LogP contribution in [0.4, 0.5) is 0 Å². The van der Waals surface area contributed by atoms with E-state index in [1.54, 1.807) is 0 Å². The SMILES string of the molecule is CCn1nnc2c1CCC(CNC)C2. The molecule has 0 aromatic carbocycles. The summed E-state index contributed by atoms with van der Waals surface area (Å²) in [6, 6.07) is 0. The van der Waals surface area contributed by atoms with Crippen molar-refractivity contribution in [3.8, 4) is 0 Å². The maximum Gasteiger partial charge on any atom is 0.0862 e. The Morgan fingerprint density at radius 1 is 1.57 bits per heavy atom. The Labute approximate surface area is 84.7 Å². The normalized spacial score (nSPS) is 20.9. The Morgan fingerprint density at radius 3 is 3.14 bits per heavy atom. The minimum absolute atomic E-state index is 0.745. The van der Waals surface area contributed by atoms with Crippen molar-refractivity contribution in [2.24, 2.45) is 5.92 Å². The van der Waals surface area contributed by atoms with Crippen LogP contribution in [0.3, 0.4) is 0 Å². The average molecular weight is 194 g/mol. The van der Waals surface area contributed by atoms with Gasteiger partial charge in [-0.05, 0) is 45.7 Å². The van der Waals surface area contributed by atoms with Gasteiger partial charge in [0.2, 0.25) is 0 Å². The fourth-order valence-corrected chi connectivity index (χ4v) is 2.23. The maximum atomic E-state index is 4.25. The molecule has 1 aromatic heterocycles. The third-order valence-electron chi connectivity index (χ3n) is 2.98. The lowest BCUT2D eigenvalue weighted by atomic mass is 9.89. The van der Waals surface area contributed by atoms with Gasteiger partial charge in [-0.25, -0.2) is 4.68 Å². The van der Waals surface area contributed by atoms with E-state index in [1.807, 2.05) is 11.7 Å². The van der Waals surface area contributed by atoms with E-state index in [4.69, 9.17) is 0 Å². The molecule has 1 unspecified atom stereocenters. The van der Waals surface area contributed by atoms with E-state index < -0.39 is 0 Å². The van der Waals surface area contributed by atoms with Gasteiger partial charge in [0.1, 0.15) is 0 Å². The zero-order valence-electron chi connectivity index (χ0n) is 8.95. The van der Waals surface area contributed by atoms with Crippen LogP contribution in [-0.2, 0) is 19.4 Å². The van der Waals surface area contributed by atoms with E-state index >= 15 is 0 Å². The van der Waals surface area contributed by atoms with Crippen LogP contribution in [0.2, 0.25) is 0 Å². The molecule has 0 spiro atoms. The zero-order chi connectivity index (χ0) is 9.97. The van der Waals surface area contributed by atoms with E-state index in [1.165, 1.54) is 17.8 Å². The van der Waals surface area contributed by atoms with Crippen molar-refractivity contribution in [1.29, 1.82) is 0 Å². The molecule has 14 heavy (non-hydrogen) atoms. The fraction of sp³-hybridized carbons (Fsp3) is 0.800. The van der Waals surface area contributed by atoms with Crippen LogP contribution in [-0.4, -0.2) is 28.6 Å². The van der Waals surface area contributed by atoms with Crippen molar-refractivity contribution in [3.63, 3.8) is 0 Å². The Morgan fingerprint density at radius 2 is 2.43 bits per heavy atom. The molecule has 0 fully saturated rings. The summed E-state index contributed by atoms with van der Waals surface area (Å²) >= 11 is 0. The first-order valence-electron chi connectivity index (χ1n) is 5.41. The molecule has 0 saturated heterocycles. The summed E-state index contributed by atoms with van der Waals surface area (Å²) in [5.74, 6) is 0.745. The van der Waals surface area contributed by atoms with E-state index in [0.717, 1.165) is 31.8 Å². The molecule has 1 aliphatic rings. The summed E-state index contributed by atoms with van der Waals surface area (Å²) in [6.45, 7) is 4.16. The highest BCUT2D eigenvalue weighted by atomic mass is 15.4. The highest BCUT2D eigenvalue weighted by Gasteiger charge is 2.22. The molecule has 0 radical (unpaired) electrons. The van der Waals surface area contributed by atoms with Gasteiger partial charge in [0.05, 0.1) is 11.4 Å². The Kier molecular flexibility index (Phi) is 2.82. The van der Waals surface area contributed by atoms with Gasteiger partial charge >= 0.3 is 0 Å². The molecule has 1 aliphatic carbocycles. The van der Waals surface area contributed by atoms with E-state index in [0.29, 0.717) is 0 Å². The standard InChI is InChI=1S/C10H18N4/c1-3-14-10-5-4-8(7-11-2)6-9(10)12-13-14/h8,11H,3-7H2,1-2H3. The molecule has 0 bridgehead atoms. The number of fused-ring (bicyclic) bond motifs is 1. The van der Waals surface area contributed by atoms with Gasteiger partial charge in [0.25, 0.3) is 0 Å². The molecule has 0 saturated carbocycles. The molecule has 2 rings (SSSR count). The minimum atomic E-state index is 0.745. The highest BCUT2D eigenvalue weighted by molar-refractivity contribution is 5.14. The molecule has 1 aromatic rings. The number of hydrogen-bond acceptors (Lipinski definition) is 3. The predicted octanol–water partition coefficient (Wildman–Crippen LogP) is 0.622. The number of nitrogens with zero attached hydrogens (tertiary/aromatic N) is 3. The zero-order valence-corrected chi connectivity index (χ0v) is 8.95. The van der Waals surface area contributed by atoms with Gasteiger partial charge < -0.3 is 5.32 Å². The topological polar surface area (TPSA) is 42.7 Å². The van der Waals surface area contributed by atoms with Crippen LogP contribution in [0, 0.1) is 5.92 Å². The van der Waals surface area contributed by atoms with Crippen molar-refractivity contribution in [1.82, 2.24) is 20.3 Å². The third-order valence-corrected chi connectivity index (χ3v) is 2.98. The first kappa shape index (κ1) is 9.65. The van der Waals surface area contributed by atoms with Crippen molar-refractivity contribution >= 4 is 0 Å². The number of nitrogens with one attached hydrogen (secondary N) is 1. The second-order valence-corrected chi connectivity index (χ2v) is 3.97. The van der Waals surface area contributed by atoms with Crippen LogP contribution >= 0.6 is 0 Å². The number of hydrogen-bond donors (Lipinski definition) is 1. The largest absolute Gasteiger partial charge is 0.319 e. The lowest BCUT2D eigenvalue weighted by molar-refractivity contribution is 0.426. The molecular weight excluding hydrogens is 176 g/mol. The molecule has 4 heteroatoms. The van der Waals surface area contributed by atoms with Crippen LogP contribution in [0.5, 0.6) is 0 Å². The molecule has 0 amide bonds. The van der Waals surface area contributed by atoms with Crippen molar-refractivity contribution in [3.05, 3.63) is 11.4 Å².